The van der Waals surface area contributed by atoms with Crippen LogP contribution in [0, 0.1) is 6.92 Å². The number of carbonyl (C=O) groups is 1. The Balaban J connectivity index is 2.34. The first-order valence-corrected chi connectivity index (χ1v) is 10.0. The molecule has 2 aromatic rings. The number of ether oxygens (including phenoxy) is 1. The topological polar surface area (TPSA) is 84.5 Å². The van der Waals surface area contributed by atoms with Crippen molar-refractivity contribution in [3.63, 3.8) is 0 Å². The summed E-state index contributed by atoms with van der Waals surface area (Å²) >= 11 is 0. The molecule has 144 valence electrons. The fourth-order valence-electron chi connectivity index (χ4n) is 2.52. The first-order chi connectivity index (χ1) is 12.8. The molecule has 0 unspecified atom stereocenters. The molecule has 0 radical (unpaired) electrons. The molecule has 2 N–H and O–H groups in total. The minimum absolute atomic E-state index is 0.0864. The van der Waals surface area contributed by atoms with Gasteiger partial charge in [-0.1, -0.05) is 31.2 Å². The van der Waals surface area contributed by atoms with Gasteiger partial charge in [0, 0.05) is 11.3 Å². The highest BCUT2D eigenvalue weighted by Crippen LogP contribution is 2.28. The minimum atomic E-state index is -3.86. The van der Waals surface area contributed by atoms with Crippen molar-refractivity contribution in [1.29, 1.82) is 0 Å². The number of para-hydroxylation sites is 2. The number of allylic oxidation sites excluding steroid dienone is 1. The van der Waals surface area contributed by atoms with Gasteiger partial charge in [-0.15, -0.1) is 0 Å². The van der Waals surface area contributed by atoms with Crippen molar-refractivity contribution >= 4 is 27.3 Å². The van der Waals surface area contributed by atoms with E-state index in [1.807, 2.05) is 13.0 Å². The van der Waals surface area contributed by atoms with Crippen molar-refractivity contribution in [2.75, 3.05) is 17.1 Å². The van der Waals surface area contributed by atoms with Crippen molar-refractivity contribution in [1.82, 2.24) is 0 Å². The Bertz CT molecular complexity index is 966. The number of hydrogen-bond donors (Lipinski definition) is 2. The molecule has 0 bridgehead atoms. The summed E-state index contributed by atoms with van der Waals surface area (Å²) in [6, 6.07) is 11.5. The second-order valence-electron chi connectivity index (χ2n) is 6.04. The maximum absolute atomic E-state index is 12.9. The smallest absolute Gasteiger partial charge is 0.262 e. The number of rotatable bonds is 7. The van der Waals surface area contributed by atoms with Gasteiger partial charge in [-0.05, 0) is 50.1 Å². The van der Waals surface area contributed by atoms with Gasteiger partial charge in [-0.2, -0.15) is 0 Å². The van der Waals surface area contributed by atoms with Crippen molar-refractivity contribution < 1.29 is 17.9 Å². The second-order valence-corrected chi connectivity index (χ2v) is 7.69. The molecule has 27 heavy (non-hydrogen) atoms. The Morgan fingerprint density at radius 3 is 2.56 bits per heavy atom. The second kappa shape index (κ2) is 8.73. The number of amides is 1. The molecule has 0 aromatic heterocycles. The maximum atomic E-state index is 12.9. The number of benzene rings is 2. The predicted octanol–water partition coefficient (Wildman–Crippen LogP) is 4.10. The Labute approximate surface area is 160 Å². The first-order valence-electron chi connectivity index (χ1n) is 8.53. The van der Waals surface area contributed by atoms with E-state index in [0.29, 0.717) is 28.3 Å². The van der Waals surface area contributed by atoms with Crippen LogP contribution in [-0.2, 0) is 14.8 Å². The van der Waals surface area contributed by atoms with Crippen LogP contribution in [0.2, 0.25) is 0 Å². The number of aryl methyl sites for hydroxylation is 1. The minimum Gasteiger partial charge on any atom is -0.495 e. The first kappa shape index (κ1) is 20.5. The lowest BCUT2D eigenvalue weighted by Crippen LogP contribution is -2.17. The zero-order chi connectivity index (χ0) is 20.0. The normalized spacial score (nSPS) is 11.8. The Morgan fingerprint density at radius 1 is 1.19 bits per heavy atom. The molecule has 2 rings (SSSR count). The van der Waals surface area contributed by atoms with Crippen LogP contribution in [0.25, 0.3) is 0 Å². The van der Waals surface area contributed by atoms with Crippen LogP contribution < -0.4 is 14.8 Å². The molecule has 0 atom stereocenters. The standard InChI is InChI=1S/C20H24N2O4S/c1-5-8-15(3)20(23)21-16-12-11-14(2)19(13-16)27(24,25)22-17-9-6-7-10-18(17)26-4/h6-13,22H,5H2,1-4H3,(H,21,23). The van der Waals surface area contributed by atoms with Gasteiger partial charge in [0.1, 0.15) is 5.75 Å². The number of carbonyl (C=O) groups excluding carboxylic acids is 1. The van der Waals surface area contributed by atoms with E-state index in [0.717, 1.165) is 6.42 Å². The van der Waals surface area contributed by atoms with Crippen LogP contribution in [0.4, 0.5) is 11.4 Å². The highest BCUT2D eigenvalue weighted by atomic mass is 32.2. The Kier molecular flexibility index (Phi) is 6.63. The van der Waals surface area contributed by atoms with Gasteiger partial charge < -0.3 is 10.1 Å². The van der Waals surface area contributed by atoms with E-state index in [-0.39, 0.29) is 10.8 Å². The molecule has 2 aromatic carbocycles. The van der Waals surface area contributed by atoms with Gasteiger partial charge in [0.2, 0.25) is 0 Å². The third-order valence-electron chi connectivity index (χ3n) is 3.96. The summed E-state index contributed by atoms with van der Waals surface area (Å²) in [6.45, 7) is 5.36. The highest BCUT2D eigenvalue weighted by molar-refractivity contribution is 7.92. The molecule has 0 saturated carbocycles. The molecule has 1 amide bonds. The molecule has 0 spiro atoms. The Hall–Kier alpha value is -2.80. The maximum Gasteiger partial charge on any atom is 0.262 e. The molecule has 0 aliphatic carbocycles. The number of hydrogen-bond acceptors (Lipinski definition) is 4. The van der Waals surface area contributed by atoms with E-state index < -0.39 is 10.0 Å². The predicted molar refractivity (Wildman–Crippen MR) is 108 cm³/mol. The summed E-state index contributed by atoms with van der Waals surface area (Å²) in [5.74, 6) is 0.158. The van der Waals surface area contributed by atoms with E-state index in [4.69, 9.17) is 4.74 Å². The van der Waals surface area contributed by atoms with E-state index in [1.54, 1.807) is 50.2 Å². The van der Waals surface area contributed by atoms with Gasteiger partial charge in [-0.25, -0.2) is 8.42 Å². The van der Waals surface area contributed by atoms with Crippen molar-refractivity contribution in [2.45, 2.75) is 32.1 Å². The lowest BCUT2D eigenvalue weighted by Gasteiger charge is -2.14. The Morgan fingerprint density at radius 2 is 1.89 bits per heavy atom. The van der Waals surface area contributed by atoms with E-state index in [2.05, 4.69) is 10.0 Å². The van der Waals surface area contributed by atoms with Crippen LogP contribution in [0.3, 0.4) is 0 Å². The van der Waals surface area contributed by atoms with E-state index >= 15 is 0 Å². The van der Waals surface area contributed by atoms with Gasteiger partial charge >= 0.3 is 0 Å². The van der Waals surface area contributed by atoms with Gasteiger partial charge in [0.15, 0.2) is 0 Å². The average Bonchev–Trinajstić information content (AvgIpc) is 2.63. The van der Waals surface area contributed by atoms with Crippen LogP contribution in [0.1, 0.15) is 25.8 Å². The van der Waals surface area contributed by atoms with Crippen molar-refractivity contribution in [3.05, 3.63) is 59.7 Å². The molecule has 6 nitrogen and oxygen atoms in total. The zero-order valence-electron chi connectivity index (χ0n) is 15.9. The summed E-state index contributed by atoms with van der Waals surface area (Å²) < 4.78 is 33.5. The number of nitrogens with one attached hydrogen (secondary N) is 2. The number of anilines is 2. The molecular weight excluding hydrogens is 364 g/mol. The average molecular weight is 388 g/mol. The van der Waals surface area contributed by atoms with Crippen LogP contribution in [0.5, 0.6) is 5.75 Å². The summed E-state index contributed by atoms with van der Waals surface area (Å²) in [5.41, 5.74) is 1.90. The lowest BCUT2D eigenvalue weighted by molar-refractivity contribution is -0.112. The quantitative estimate of drug-likeness (QED) is 0.700. The van der Waals surface area contributed by atoms with Crippen molar-refractivity contribution in [3.8, 4) is 5.75 Å². The van der Waals surface area contributed by atoms with Crippen LogP contribution in [0.15, 0.2) is 59.0 Å². The SMILES string of the molecule is CCC=C(C)C(=O)Nc1ccc(C)c(S(=O)(=O)Nc2ccccc2OC)c1. The fourth-order valence-corrected chi connectivity index (χ4v) is 3.87. The third kappa shape index (κ3) is 5.10. The van der Waals surface area contributed by atoms with Gasteiger partial charge in [-0.3, -0.25) is 9.52 Å². The molecule has 0 aliphatic heterocycles. The molecule has 0 fully saturated rings. The van der Waals surface area contributed by atoms with E-state index in [1.165, 1.54) is 13.2 Å². The molecular formula is C20H24N2O4S. The molecule has 7 heteroatoms. The van der Waals surface area contributed by atoms with Crippen LogP contribution >= 0.6 is 0 Å². The summed E-state index contributed by atoms with van der Waals surface area (Å²) in [7, 11) is -2.39. The molecule has 0 heterocycles. The summed E-state index contributed by atoms with van der Waals surface area (Å²) in [5, 5.41) is 2.73. The summed E-state index contributed by atoms with van der Waals surface area (Å²) in [4.78, 5) is 12.2. The van der Waals surface area contributed by atoms with Gasteiger partial charge in [0.05, 0.1) is 17.7 Å². The number of methoxy groups -OCH3 is 1. The number of sulfonamides is 1. The van der Waals surface area contributed by atoms with E-state index in [9.17, 15) is 13.2 Å². The van der Waals surface area contributed by atoms with Gasteiger partial charge in [0.25, 0.3) is 15.9 Å². The lowest BCUT2D eigenvalue weighted by atomic mass is 10.2. The third-order valence-corrected chi connectivity index (χ3v) is 5.46. The zero-order valence-corrected chi connectivity index (χ0v) is 16.7. The van der Waals surface area contributed by atoms with Crippen LogP contribution in [-0.4, -0.2) is 21.4 Å². The fraction of sp³-hybridized carbons (Fsp3) is 0.250. The summed E-state index contributed by atoms with van der Waals surface area (Å²) in [6.07, 6.45) is 2.56. The molecule has 0 saturated heterocycles. The largest absolute Gasteiger partial charge is 0.495 e. The highest BCUT2D eigenvalue weighted by Gasteiger charge is 2.20. The monoisotopic (exact) mass is 388 g/mol. The van der Waals surface area contributed by atoms with Crippen molar-refractivity contribution in [2.24, 2.45) is 0 Å². The molecule has 0 aliphatic rings.